The summed E-state index contributed by atoms with van der Waals surface area (Å²) < 4.78 is 15.5. The summed E-state index contributed by atoms with van der Waals surface area (Å²) in [5, 5.41) is 13.9. The summed E-state index contributed by atoms with van der Waals surface area (Å²) in [5.74, 6) is -0.315. The standard InChI is InChI=1S/C31H32FN7O3/c1-20-14-24(36-11-8-22(16-36)21-4-2-5-23(32)15-21)17-39-28(20)34-27(35-39)29(40)38-13-10-31(19-38)9-12-37(18-31)26-7-3-6-25(33-26)30(41)42/h2-7,14-15,17,22H,8-13,16,18-19H2,1H3,(H,41,42)/t22?,31-/m1/s1. The number of likely N-dealkylation sites (tertiary alicyclic amines) is 1. The lowest BCUT2D eigenvalue weighted by Gasteiger charge is -2.24. The molecule has 1 spiro atoms. The number of hydrogen-bond acceptors (Lipinski definition) is 7. The van der Waals surface area contributed by atoms with Gasteiger partial charge in [0.15, 0.2) is 11.3 Å². The highest BCUT2D eigenvalue weighted by Crippen LogP contribution is 2.41. The third-order valence-corrected chi connectivity index (χ3v) is 9.11. The van der Waals surface area contributed by atoms with Gasteiger partial charge in [0.25, 0.3) is 5.91 Å². The van der Waals surface area contributed by atoms with Crippen molar-refractivity contribution >= 4 is 29.0 Å². The number of aromatic nitrogens is 4. The Labute approximate surface area is 242 Å². The van der Waals surface area contributed by atoms with E-state index in [1.54, 1.807) is 22.7 Å². The monoisotopic (exact) mass is 569 g/mol. The van der Waals surface area contributed by atoms with Crippen molar-refractivity contribution in [1.82, 2.24) is 24.5 Å². The number of carboxylic acid groups (broad SMARTS) is 1. The molecule has 0 bridgehead atoms. The van der Waals surface area contributed by atoms with Gasteiger partial charge in [0.1, 0.15) is 11.6 Å². The molecule has 0 saturated carbocycles. The summed E-state index contributed by atoms with van der Waals surface area (Å²) in [6, 6.07) is 14.0. The molecule has 3 saturated heterocycles. The second kappa shape index (κ2) is 10.1. The van der Waals surface area contributed by atoms with Crippen LogP contribution in [0.1, 0.15) is 57.4 Å². The molecule has 4 aromatic rings. The molecule has 3 aliphatic heterocycles. The quantitative estimate of drug-likeness (QED) is 0.384. The molecule has 0 aliphatic carbocycles. The van der Waals surface area contributed by atoms with Gasteiger partial charge in [-0.2, -0.15) is 0 Å². The third-order valence-electron chi connectivity index (χ3n) is 9.11. The molecule has 3 aliphatic rings. The number of hydrogen-bond donors (Lipinski definition) is 1. The molecule has 2 atom stereocenters. The van der Waals surface area contributed by atoms with Crippen LogP contribution in [0.4, 0.5) is 15.9 Å². The molecule has 7 rings (SSSR count). The van der Waals surface area contributed by atoms with Crippen LogP contribution in [0.2, 0.25) is 0 Å². The van der Waals surface area contributed by atoms with E-state index in [2.05, 4.69) is 30.9 Å². The van der Waals surface area contributed by atoms with E-state index in [1.807, 2.05) is 30.2 Å². The van der Waals surface area contributed by atoms with Gasteiger partial charge in [0, 0.05) is 50.6 Å². The van der Waals surface area contributed by atoms with Crippen molar-refractivity contribution in [3.05, 3.63) is 83.2 Å². The van der Waals surface area contributed by atoms with E-state index in [-0.39, 0.29) is 34.6 Å². The summed E-state index contributed by atoms with van der Waals surface area (Å²) in [7, 11) is 0. The Balaban J connectivity index is 1.05. The van der Waals surface area contributed by atoms with E-state index in [0.717, 1.165) is 62.3 Å². The predicted molar refractivity (Wildman–Crippen MR) is 155 cm³/mol. The van der Waals surface area contributed by atoms with Crippen LogP contribution >= 0.6 is 0 Å². The third kappa shape index (κ3) is 4.72. The summed E-state index contributed by atoms with van der Waals surface area (Å²) in [4.78, 5) is 40.1. The van der Waals surface area contributed by atoms with E-state index in [4.69, 9.17) is 0 Å². The molecule has 1 N–H and O–H groups in total. The highest BCUT2D eigenvalue weighted by molar-refractivity contribution is 5.91. The fourth-order valence-corrected chi connectivity index (χ4v) is 6.85. The number of carbonyl (C=O) groups is 2. The Bertz CT molecular complexity index is 1710. The molecule has 3 fully saturated rings. The Kier molecular flexibility index (Phi) is 6.32. The van der Waals surface area contributed by atoms with Crippen molar-refractivity contribution in [3.8, 4) is 0 Å². The van der Waals surface area contributed by atoms with E-state index >= 15 is 0 Å². The molecular weight excluding hydrogens is 537 g/mol. The zero-order chi connectivity index (χ0) is 29.0. The van der Waals surface area contributed by atoms with Crippen LogP contribution in [0, 0.1) is 18.2 Å². The number of rotatable bonds is 5. The highest BCUT2D eigenvalue weighted by atomic mass is 19.1. The van der Waals surface area contributed by atoms with Crippen LogP contribution in [-0.2, 0) is 0 Å². The van der Waals surface area contributed by atoms with Crippen molar-refractivity contribution in [3.63, 3.8) is 0 Å². The summed E-state index contributed by atoms with van der Waals surface area (Å²) in [6.45, 7) is 6.35. The number of pyridine rings is 2. The smallest absolute Gasteiger partial charge is 0.354 e. The average Bonchev–Trinajstić information content (AvgIpc) is 3.79. The summed E-state index contributed by atoms with van der Waals surface area (Å²) in [5.41, 5.74) is 3.59. The van der Waals surface area contributed by atoms with Crippen molar-refractivity contribution in [2.24, 2.45) is 5.41 Å². The fraction of sp³-hybridized carbons (Fsp3) is 0.387. The van der Waals surface area contributed by atoms with Crippen molar-refractivity contribution in [2.45, 2.75) is 32.1 Å². The van der Waals surface area contributed by atoms with Gasteiger partial charge >= 0.3 is 5.97 Å². The maximum absolute atomic E-state index is 13.8. The number of aromatic carboxylic acids is 1. The Morgan fingerprint density at radius 2 is 1.83 bits per heavy atom. The number of benzene rings is 1. The first-order valence-electron chi connectivity index (χ1n) is 14.4. The minimum Gasteiger partial charge on any atom is -0.477 e. The minimum atomic E-state index is -1.04. The molecular formula is C31H32FN7O3. The highest BCUT2D eigenvalue weighted by Gasteiger charge is 2.45. The normalized spacial score (nSPS) is 22.1. The van der Waals surface area contributed by atoms with E-state index in [9.17, 15) is 19.1 Å². The number of carboxylic acids is 1. The molecule has 3 aromatic heterocycles. The first kappa shape index (κ1) is 26.4. The van der Waals surface area contributed by atoms with Crippen molar-refractivity contribution in [2.75, 3.05) is 49.1 Å². The van der Waals surface area contributed by atoms with Crippen LogP contribution in [0.3, 0.4) is 0 Å². The lowest BCUT2D eigenvalue weighted by atomic mass is 9.86. The van der Waals surface area contributed by atoms with Crippen LogP contribution in [0.15, 0.2) is 54.7 Å². The zero-order valence-electron chi connectivity index (χ0n) is 23.4. The molecule has 1 amide bonds. The Morgan fingerprint density at radius 1 is 1.00 bits per heavy atom. The molecule has 1 unspecified atom stereocenters. The number of carbonyl (C=O) groups excluding carboxylic acids is 1. The molecule has 10 nitrogen and oxygen atoms in total. The summed E-state index contributed by atoms with van der Waals surface area (Å²) in [6.07, 6.45) is 4.64. The second-order valence-electron chi connectivity index (χ2n) is 11.9. The van der Waals surface area contributed by atoms with Crippen LogP contribution in [0.25, 0.3) is 5.65 Å². The predicted octanol–water partition coefficient (Wildman–Crippen LogP) is 4.01. The SMILES string of the molecule is Cc1cc(N2CCC(c3cccc(F)c3)C2)cn2nc(C(=O)N3CC[C@@]4(CCN(c5cccc(C(=O)O)n5)C4)C3)nc12. The first-order chi connectivity index (χ1) is 20.3. The van der Waals surface area contributed by atoms with Gasteiger partial charge < -0.3 is 19.8 Å². The van der Waals surface area contributed by atoms with Gasteiger partial charge in [-0.15, -0.1) is 5.10 Å². The molecule has 216 valence electrons. The van der Waals surface area contributed by atoms with E-state index in [1.165, 1.54) is 12.1 Å². The van der Waals surface area contributed by atoms with Gasteiger partial charge in [0.05, 0.1) is 11.9 Å². The number of amides is 1. The Hall–Kier alpha value is -4.54. The fourth-order valence-electron chi connectivity index (χ4n) is 6.85. The van der Waals surface area contributed by atoms with Gasteiger partial charge in [0.2, 0.25) is 5.82 Å². The minimum absolute atomic E-state index is 0.0317. The average molecular weight is 570 g/mol. The number of halogens is 1. The molecule has 11 heteroatoms. The topological polar surface area (TPSA) is 107 Å². The maximum Gasteiger partial charge on any atom is 0.354 e. The number of fused-ring (bicyclic) bond motifs is 1. The van der Waals surface area contributed by atoms with Gasteiger partial charge in [-0.05, 0) is 67.6 Å². The van der Waals surface area contributed by atoms with Crippen molar-refractivity contribution < 1.29 is 19.1 Å². The molecule has 1 aromatic carbocycles. The lowest BCUT2D eigenvalue weighted by molar-refractivity contribution is 0.0689. The van der Waals surface area contributed by atoms with Crippen LogP contribution in [-0.4, -0.2) is 80.7 Å². The van der Waals surface area contributed by atoms with Gasteiger partial charge in [-0.25, -0.2) is 23.7 Å². The van der Waals surface area contributed by atoms with Crippen molar-refractivity contribution in [1.29, 1.82) is 0 Å². The first-order valence-corrected chi connectivity index (χ1v) is 14.4. The number of anilines is 2. The molecule has 6 heterocycles. The van der Waals surface area contributed by atoms with Gasteiger partial charge in [-0.3, -0.25) is 4.79 Å². The largest absolute Gasteiger partial charge is 0.477 e. The molecule has 0 radical (unpaired) electrons. The van der Waals surface area contributed by atoms with E-state index in [0.29, 0.717) is 24.6 Å². The second-order valence-corrected chi connectivity index (χ2v) is 11.9. The lowest BCUT2D eigenvalue weighted by Crippen LogP contribution is -2.34. The molecule has 42 heavy (non-hydrogen) atoms. The number of aryl methyl sites for hydroxylation is 1. The van der Waals surface area contributed by atoms with E-state index < -0.39 is 5.97 Å². The zero-order valence-corrected chi connectivity index (χ0v) is 23.4. The van der Waals surface area contributed by atoms with Gasteiger partial charge in [-0.1, -0.05) is 18.2 Å². The number of nitrogens with zero attached hydrogens (tertiary/aromatic N) is 7. The van der Waals surface area contributed by atoms with Crippen LogP contribution in [0.5, 0.6) is 0 Å². The maximum atomic E-state index is 13.8. The Morgan fingerprint density at radius 3 is 2.67 bits per heavy atom. The van der Waals surface area contributed by atoms with Crippen LogP contribution < -0.4 is 9.80 Å². The summed E-state index contributed by atoms with van der Waals surface area (Å²) >= 11 is 0.